The zero-order valence-corrected chi connectivity index (χ0v) is 15.5. The molecule has 2 atom stereocenters. The van der Waals surface area contributed by atoms with Crippen LogP contribution in [-0.2, 0) is 31.8 Å². The number of esters is 1. The van der Waals surface area contributed by atoms with Crippen LogP contribution >= 0.6 is 11.3 Å². The van der Waals surface area contributed by atoms with Crippen molar-refractivity contribution in [2.75, 3.05) is 13.2 Å². The summed E-state index contributed by atoms with van der Waals surface area (Å²) < 4.78 is 15.6. The van der Waals surface area contributed by atoms with Crippen LogP contribution in [0, 0.1) is 5.92 Å². The van der Waals surface area contributed by atoms with E-state index in [1.54, 1.807) is 18.3 Å². The number of carbonyl (C=O) groups is 1. The third kappa shape index (κ3) is 3.09. The summed E-state index contributed by atoms with van der Waals surface area (Å²) in [6.45, 7) is 4.60. The van der Waals surface area contributed by atoms with Gasteiger partial charge in [0.2, 0.25) is 5.76 Å². The highest BCUT2D eigenvalue weighted by Gasteiger charge is 2.25. The summed E-state index contributed by atoms with van der Waals surface area (Å²) in [6.07, 6.45) is 3.53. The molecular weight excluding hydrogens is 356 g/mol. The minimum absolute atomic E-state index is 0.0205. The average Bonchev–Trinajstić information content (AvgIpc) is 3.00. The van der Waals surface area contributed by atoms with Crippen LogP contribution in [0.4, 0.5) is 0 Å². The Morgan fingerprint density at radius 2 is 2.31 bits per heavy atom. The maximum absolute atomic E-state index is 12.6. The number of aromatic amines is 1. The fourth-order valence-electron chi connectivity index (χ4n) is 3.31. The maximum Gasteiger partial charge on any atom is 0.377 e. The Bertz CT molecular complexity index is 945. The quantitative estimate of drug-likeness (QED) is 0.828. The molecule has 0 unspecified atom stereocenters. The highest BCUT2D eigenvalue weighted by molar-refractivity contribution is 7.18. The number of hydrogen-bond donors (Lipinski definition) is 1. The van der Waals surface area contributed by atoms with E-state index in [2.05, 4.69) is 16.9 Å². The fraction of sp³-hybridized carbons (Fsp3) is 0.500. The standard InChI is InChI=1S/C18H20N2O5S/c1-9-3-4-11-13(7-9)26-17-14(11)16(21)19-15(20-17)10(2)25-18(22)12-8-23-5-6-24-12/h8-10H,3-7H2,1-2H3,(H,19,20,21)/t9-,10+/m1/s1. The van der Waals surface area contributed by atoms with Crippen molar-refractivity contribution in [3.8, 4) is 0 Å². The van der Waals surface area contributed by atoms with Crippen LogP contribution < -0.4 is 5.56 Å². The van der Waals surface area contributed by atoms with E-state index >= 15 is 0 Å². The Kier molecular flexibility index (Phi) is 4.44. The van der Waals surface area contributed by atoms with E-state index in [9.17, 15) is 9.59 Å². The van der Waals surface area contributed by atoms with Crippen molar-refractivity contribution < 1.29 is 19.0 Å². The number of hydrogen-bond acceptors (Lipinski definition) is 7. The van der Waals surface area contributed by atoms with Crippen molar-refractivity contribution in [3.63, 3.8) is 0 Å². The lowest BCUT2D eigenvalue weighted by molar-refractivity contribution is -0.149. The van der Waals surface area contributed by atoms with Crippen molar-refractivity contribution >= 4 is 27.5 Å². The molecule has 0 saturated heterocycles. The second kappa shape index (κ2) is 6.75. The second-order valence-corrected chi connectivity index (χ2v) is 7.82. The normalized spacial score (nSPS) is 20.5. The summed E-state index contributed by atoms with van der Waals surface area (Å²) in [5.74, 6) is 0.339. The molecule has 4 rings (SSSR count). The molecule has 1 N–H and O–H groups in total. The van der Waals surface area contributed by atoms with Gasteiger partial charge in [0.1, 0.15) is 24.3 Å². The third-order valence-corrected chi connectivity index (χ3v) is 5.85. The lowest BCUT2D eigenvalue weighted by Crippen LogP contribution is -2.21. The Labute approximate surface area is 154 Å². The number of thiophene rings is 1. The zero-order chi connectivity index (χ0) is 18.3. The summed E-state index contributed by atoms with van der Waals surface area (Å²) in [5, 5.41) is 0.686. The van der Waals surface area contributed by atoms with Gasteiger partial charge in [-0.05, 0) is 37.7 Å². The molecule has 138 valence electrons. The van der Waals surface area contributed by atoms with Crippen LogP contribution in [0.1, 0.15) is 42.6 Å². The Morgan fingerprint density at radius 1 is 1.46 bits per heavy atom. The minimum Gasteiger partial charge on any atom is -0.493 e. The topological polar surface area (TPSA) is 90.5 Å². The Hall–Kier alpha value is -2.35. The molecule has 2 aromatic rings. The number of rotatable bonds is 3. The van der Waals surface area contributed by atoms with Crippen LogP contribution in [0.25, 0.3) is 10.2 Å². The molecule has 0 fully saturated rings. The number of fused-ring (bicyclic) bond motifs is 3. The van der Waals surface area contributed by atoms with Gasteiger partial charge in [-0.3, -0.25) is 4.79 Å². The molecule has 0 aromatic carbocycles. The van der Waals surface area contributed by atoms with E-state index in [0.717, 1.165) is 24.8 Å². The summed E-state index contributed by atoms with van der Waals surface area (Å²) in [5.41, 5.74) is 0.961. The average molecular weight is 376 g/mol. The molecule has 26 heavy (non-hydrogen) atoms. The first-order chi connectivity index (χ1) is 12.5. The first kappa shape index (κ1) is 17.1. The molecular formula is C18H20N2O5S. The van der Waals surface area contributed by atoms with E-state index in [1.165, 1.54) is 11.1 Å². The van der Waals surface area contributed by atoms with Crippen molar-refractivity contribution in [1.82, 2.24) is 9.97 Å². The van der Waals surface area contributed by atoms with Gasteiger partial charge < -0.3 is 19.2 Å². The molecule has 8 heteroatoms. The predicted octanol–water partition coefficient (Wildman–Crippen LogP) is 2.60. The molecule has 1 aliphatic carbocycles. The summed E-state index contributed by atoms with van der Waals surface area (Å²) in [7, 11) is 0. The van der Waals surface area contributed by atoms with Gasteiger partial charge in [0.05, 0.1) is 5.39 Å². The maximum atomic E-state index is 12.6. The van der Waals surface area contributed by atoms with Gasteiger partial charge in [0, 0.05) is 4.88 Å². The summed E-state index contributed by atoms with van der Waals surface area (Å²) >= 11 is 1.57. The van der Waals surface area contributed by atoms with Crippen LogP contribution in [0.2, 0.25) is 0 Å². The Morgan fingerprint density at radius 3 is 3.08 bits per heavy atom. The molecule has 7 nitrogen and oxygen atoms in total. The SMILES string of the molecule is C[C@@H]1CCc2c(sc3nc([C@H](C)OC(=O)C4=COCCO4)[nH]c(=O)c23)C1. The molecule has 0 amide bonds. The number of nitrogens with zero attached hydrogens (tertiary/aromatic N) is 1. The van der Waals surface area contributed by atoms with E-state index in [0.29, 0.717) is 35.2 Å². The number of nitrogens with one attached hydrogen (secondary N) is 1. The molecule has 2 aliphatic rings. The number of ether oxygens (including phenoxy) is 3. The largest absolute Gasteiger partial charge is 0.493 e. The van der Waals surface area contributed by atoms with Gasteiger partial charge >= 0.3 is 5.97 Å². The molecule has 0 spiro atoms. The molecule has 0 radical (unpaired) electrons. The van der Waals surface area contributed by atoms with Crippen molar-refractivity contribution in [1.29, 1.82) is 0 Å². The van der Waals surface area contributed by atoms with Gasteiger partial charge in [0.15, 0.2) is 11.9 Å². The highest BCUT2D eigenvalue weighted by atomic mass is 32.1. The molecule has 1 aliphatic heterocycles. The van der Waals surface area contributed by atoms with Crippen LogP contribution in [0.5, 0.6) is 0 Å². The smallest absolute Gasteiger partial charge is 0.377 e. The lowest BCUT2D eigenvalue weighted by Gasteiger charge is -2.17. The molecule has 3 heterocycles. The van der Waals surface area contributed by atoms with Gasteiger partial charge in [0.25, 0.3) is 5.56 Å². The minimum atomic E-state index is -0.705. The van der Waals surface area contributed by atoms with Crippen molar-refractivity contribution in [2.24, 2.45) is 5.92 Å². The molecule has 2 aromatic heterocycles. The van der Waals surface area contributed by atoms with Crippen molar-refractivity contribution in [2.45, 2.75) is 39.2 Å². The van der Waals surface area contributed by atoms with Crippen LogP contribution in [0.3, 0.4) is 0 Å². The van der Waals surface area contributed by atoms with Gasteiger partial charge in [-0.25, -0.2) is 9.78 Å². The molecule has 0 saturated carbocycles. The van der Waals surface area contributed by atoms with E-state index in [-0.39, 0.29) is 11.3 Å². The van der Waals surface area contributed by atoms with E-state index in [1.807, 2.05) is 0 Å². The van der Waals surface area contributed by atoms with Gasteiger partial charge in [-0.15, -0.1) is 11.3 Å². The van der Waals surface area contributed by atoms with E-state index < -0.39 is 12.1 Å². The second-order valence-electron chi connectivity index (χ2n) is 6.73. The lowest BCUT2D eigenvalue weighted by atomic mass is 9.89. The Balaban J connectivity index is 1.61. The zero-order valence-electron chi connectivity index (χ0n) is 14.7. The molecule has 0 bridgehead atoms. The monoisotopic (exact) mass is 376 g/mol. The fourth-order valence-corrected chi connectivity index (χ4v) is 4.70. The predicted molar refractivity (Wildman–Crippen MR) is 95.9 cm³/mol. The van der Waals surface area contributed by atoms with Crippen LogP contribution in [-0.4, -0.2) is 29.2 Å². The van der Waals surface area contributed by atoms with Crippen LogP contribution in [0.15, 0.2) is 16.8 Å². The third-order valence-electron chi connectivity index (χ3n) is 4.70. The first-order valence-electron chi connectivity index (χ1n) is 8.73. The van der Waals surface area contributed by atoms with E-state index in [4.69, 9.17) is 14.2 Å². The van der Waals surface area contributed by atoms with Gasteiger partial charge in [-0.2, -0.15) is 0 Å². The van der Waals surface area contributed by atoms with Crippen molar-refractivity contribution in [3.05, 3.63) is 38.6 Å². The highest BCUT2D eigenvalue weighted by Crippen LogP contribution is 2.36. The summed E-state index contributed by atoms with van der Waals surface area (Å²) in [4.78, 5) is 34.0. The number of aryl methyl sites for hydroxylation is 1. The number of aromatic nitrogens is 2. The number of H-pyrrole nitrogens is 1. The first-order valence-corrected chi connectivity index (χ1v) is 9.54. The van der Waals surface area contributed by atoms with Gasteiger partial charge in [-0.1, -0.05) is 6.92 Å². The summed E-state index contributed by atoms with van der Waals surface area (Å²) in [6, 6.07) is 0. The number of carbonyl (C=O) groups excluding carboxylic acids is 1.